The average Bonchev–Trinajstić information content (AvgIpc) is 2.39. The van der Waals surface area contributed by atoms with E-state index in [1.165, 1.54) is 12.1 Å². The molecule has 2 nitrogen and oxygen atoms in total. The smallest absolute Gasteiger partial charge is 0.123 e. The average molecular weight is 230 g/mol. The normalized spacial score (nSPS) is 10.3. The lowest BCUT2D eigenvalue weighted by atomic mass is 10.1. The van der Waals surface area contributed by atoms with Gasteiger partial charge in [0.25, 0.3) is 0 Å². The predicted octanol–water partition coefficient (Wildman–Crippen LogP) is 3.05. The third-order valence-electron chi connectivity index (χ3n) is 2.77. The Balaban J connectivity index is 2.40. The summed E-state index contributed by atoms with van der Waals surface area (Å²) in [5, 5.41) is 0. The molecule has 0 unspecified atom stereocenters. The highest BCUT2D eigenvalue weighted by Gasteiger charge is 2.08. The molecule has 0 aliphatic carbocycles. The van der Waals surface area contributed by atoms with Crippen LogP contribution in [0.25, 0.3) is 0 Å². The number of rotatable bonds is 3. The van der Waals surface area contributed by atoms with Gasteiger partial charge >= 0.3 is 0 Å². The fourth-order valence-electron chi connectivity index (χ4n) is 1.84. The summed E-state index contributed by atoms with van der Waals surface area (Å²) < 4.78 is 13.1. The molecule has 0 aromatic heterocycles. The van der Waals surface area contributed by atoms with Gasteiger partial charge in [-0.1, -0.05) is 18.2 Å². The minimum Gasteiger partial charge on any atom is -0.344 e. The highest BCUT2D eigenvalue weighted by Crippen LogP contribution is 2.27. The third-order valence-corrected chi connectivity index (χ3v) is 2.77. The van der Waals surface area contributed by atoms with Crippen LogP contribution in [0, 0.1) is 5.82 Å². The van der Waals surface area contributed by atoms with Gasteiger partial charge in [-0.05, 0) is 35.9 Å². The van der Waals surface area contributed by atoms with Gasteiger partial charge in [0.15, 0.2) is 0 Å². The zero-order valence-corrected chi connectivity index (χ0v) is 9.73. The van der Waals surface area contributed by atoms with Gasteiger partial charge in [-0.2, -0.15) is 0 Å². The quantitative estimate of drug-likeness (QED) is 0.878. The van der Waals surface area contributed by atoms with Crippen molar-refractivity contribution >= 4 is 11.4 Å². The zero-order valence-electron chi connectivity index (χ0n) is 9.73. The monoisotopic (exact) mass is 230 g/mol. The van der Waals surface area contributed by atoms with Crippen molar-refractivity contribution in [3.63, 3.8) is 0 Å². The summed E-state index contributed by atoms with van der Waals surface area (Å²) in [6.45, 7) is 0.324. The van der Waals surface area contributed by atoms with Crippen molar-refractivity contribution in [2.75, 3.05) is 11.9 Å². The van der Waals surface area contributed by atoms with E-state index in [1.807, 2.05) is 42.3 Å². The second-order valence-electron chi connectivity index (χ2n) is 3.87. The summed E-state index contributed by atoms with van der Waals surface area (Å²) in [5.74, 6) is -0.254. The molecule has 2 rings (SSSR count). The van der Waals surface area contributed by atoms with E-state index < -0.39 is 0 Å². The van der Waals surface area contributed by atoms with Gasteiger partial charge in [0.2, 0.25) is 0 Å². The van der Waals surface area contributed by atoms with E-state index in [2.05, 4.69) is 0 Å². The number of para-hydroxylation sites is 1. The van der Waals surface area contributed by atoms with E-state index in [4.69, 9.17) is 5.73 Å². The fourth-order valence-corrected chi connectivity index (χ4v) is 1.84. The number of nitrogens with zero attached hydrogens (tertiary/aromatic N) is 1. The third kappa shape index (κ3) is 2.45. The first-order valence-corrected chi connectivity index (χ1v) is 5.49. The Morgan fingerprint density at radius 2 is 1.82 bits per heavy atom. The maximum absolute atomic E-state index is 13.1. The van der Waals surface area contributed by atoms with Crippen molar-refractivity contribution in [2.45, 2.75) is 6.54 Å². The van der Waals surface area contributed by atoms with E-state index in [1.54, 1.807) is 6.07 Å². The van der Waals surface area contributed by atoms with Crippen LogP contribution in [0.2, 0.25) is 0 Å². The molecule has 0 aliphatic rings. The summed E-state index contributed by atoms with van der Waals surface area (Å²) in [4.78, 5) is 2.00. The number of hydrogen-bond donors (Lipinski definition) is 1. The first-order valence-electron chi connectivity index (χ1n) is 5.49. The second-order valence-corrected chi connectivity index (χ2v) is 3.87. The standard InChI is InChI=1S/C14H15FN2/c1-17(13-5-3-2-4-6-13)14-8-7-12(15)9-11(14)10-16/h2-9H,10,16H2,1H3. The van der Waals surface area contributed by atoms with Crippen LogP contribution in [-0.4, -0.2) is 7.05 Å². The molecule has 0 aliphatic heterocycles. The van der Waals surface area contributed by atoms with Gasteiger partial charge in [-0.3, -0.25) is 0 Å². The summed E-state index contributed by atoms with van der Waals surface area (Å²) in [6.07, 6.45) is 0. The Morgan fingerprint density at radius 3 is 2.47 bits per heavy atom. The van der Waals surface area contributed by atoms with Crippen LogP contribution in [0.3, 0.4) is 0 Å². The largest absolute Gasteiger partial charge is 0.344 e. The van der Waals surface area contributed by atoms with Gasteiger partial charge in [0.1, 0.15) is 5.82 Å². The Hall–Kier alpha value is -1.87. The molecule has 0 radical (unpaired) electrons. The lowest BCUT2D eigenvalue weighted by Crippen LogP contribution is -2.13. The highest BCUT2D eigenvalue weighted by atomic mass is 19.1. The number of hydrogen-bond acceptors (Lipinski definition) is 2. The van der Waals surface area contributed by atoms with Gasteiger partial charge < -0.3 is 10.6 Å². The lowest BCUT2D eigenvalue weighted by molar-refractivity contribution is 0.625. The lowest BCUT2D eigenvalue weighted by Gasteiger charge is -2.22. The Morgan fingerprint density at radius 1 is 1.12 bits per heavy atom. The van der Waals surface area contributed by atoms with Crippen LogP contribution in [-0.2, 0) is 6.54 Å². The van der Waals surface area contributed by atoms with Gasteiger partial charge in [0, 0.05) is 25.0 Å². The maximum atomic E-state index is 13.1. The van der Waals surface area contributed by atoms with Crippen molar-refractivity contribution in [1.29, 1.82) is 0 Å². The second kappa shape index (κ2) is 4.97. The molecule has 17 heavy (non-hydrogen) atoms. The molecule has 0 fully saturated rings. The zero-order chi connectivity index (χ0) is 12.3. The molecule has 0 atom stereocenters. The van der Waals surface area contributed by atoms with Crippen molar-refractivity contribution < 1.29 is 4.39 Å². The minimum absolute atomic E-state index is 0.254. The number of halogens is 1. The topological polar surface area (TPSA) is 29.3 Å². The summed E-state index contributed by atoms with van der Waals surface area (Å²) >= 11 is 0. The molecule has 0 spiro atoms. The van der Waals surface area contributed by atoms with E-state index >= 15 is 0 Å². The molecular weight excluding hydrogens is 215 g/mol. The molecule has 88 valence electrons. The fraction of sp³-hybridized carbons (Fsp3) is 0.143. The molecule has 0 saturated carbocycles. The van der Waals surface area contributed by atoms with E-state index in [0.717, 1.165) is 16.9 Å². The molecule has 3 heteroatoms. The summed E-state index contributed by atoms with van der Waals surface area (Å²) in [5.41, 5.74) is 8.42. The van der Waals surface area contributed by atoms with Crippen LogP contribution in [0.5, 0.6) is 0 Å². The summed E-state index contributed by atoms with van der Waals surface area (Å²) in [6, 6.07) is 14.6. The summed E-state index contributed by atoms with van der Waals surface area (Å²) in [7, 11) is 1.95. The van der Waals surface area contributed by atoms with E-state index in [9.17, 15) is 4.39 Å². The van der Waals surface area contributed by atoms with E-state index in [-0.39, 0.29) is 5.82 Å². The van der Waals surface area contributed by atoms with Crippen LogP contribution in [0.1, 0.15) is 5.56 Å². The van der Waals surface area contributed by atoms with Crippen molar-refractivity contribution in [3.8, 4) is 0 Å². The molecule has 2 N–H and O–H groups in total. The molecule has 2 aromatic rings. The van der Waals surface area contributed by atoms with Crippen LogP contribution < -0.4 is 10.6 Å². The molecule has 0 amide bonds. The maximum Gasteiger partial charge on any atom is 0.123 e. The first-order chi connectivity index (χ1) is 8.22. The minimum atomic E-state index is -0.254. The van der Waals surface area contributed by atoms with Crippen molar-refractivity contribution in [3.05, 3.63) is 59.9 Å². The predicted molar refractivity (Wildman–Crippen MR) is 68.8 cm³/mol. The number of benzene rings is 2. The Bertz CT molecular complexity index is 497. The molecular formula is C14H15FN2. The Labute approximate surface area is 100 Å². The molecule has 0 bridgehead atoms. The number of anilines is 2. The van der Waals surface area contributed by atoms with Crippen molar-refractivity contribution in [2.24, 2.45) is 5.73 Å². The van der Waals surface area contributed by atoms with Gasteiger partial charge in [-0.15, -0.1) is 0 Å². The van der Waals surface area contributed by atoms with Crippen LogP contribution >= 0.6 is 0 Å². The molecule has 0 heterocycles. The van der Waals surface area contributed by atoms with Crippen LogP contribution in [0.15, 0.2) is 48.5 Å². The highest BCUT2D eigenvalue weighted by molar-refractivity contribution is 5.65. The van der Waals surface area contributed by atoms with Gasteiger partial charge in [-0.25, -0.2) is 4.39 Å². The van der Waals surface area contributed by atoms with Gasteiger partial charge in [0.05, 0.1) is 0 Å². The molecule has 0 saturated heterocycles. The van der Waals surface area contributed by atoms with Crippen molar-refractivity contribution in [1.82, 2.24) is 0 Å². The Kier molecular flexibility index (Phi) is 3.40. The SMILES string of the molecule is CN(c1ccccc1)c1ccc(F)cc1CN. The van der Waals surface area contributed by atoms with E-state index in [0.29, 0.717) is 6.54 Å². The first kappa shape index (κ1) is 11.6. The van der Waals surface area contributed by atoms with Crippen LogP contribution in [0.4, 0.5) is 15.8 Å². The number of nitrogens with two attached hydrogens (primary N) is 1. The molecule has 2 aromatic carbocycles.